The lowest BCUT2D eigenvalue weighted by molar-refractivity contribution is -0.281. The molecule has 0 aromatic rings. The van der Waals surface area contributed by atoms with Gasteiger partial charge in [-0.15, -0.1) is 0 Å². The molecule has 0 bridgehead atoms. The third-order valence-electron chi connectivity index (χ3n) is 4.61. The summed E-state index contributed by atoms with van der Waals surface area (Å²) in [6.07, 6.45) is 6.30. The van der Waals surface area contributed by atoms with Crippen molar-refractivity contribution < 1.29 is 24.1 Å². The van der Waals surface area contributed by atoms with Crippen molar-refractivity contribution in [2.24, 2.45) is 0 Å². The molecule has 1 spiro atoms. The quantitative estimate of drug-likeness (QED) is 0.771. The maximum absolute atomic E-state index is 9.86. The van der Waals surface area contributed by atoms with E-state index in [-0.39, 0.29) is 24.3 Å². The van der Waals surface area contributed by atoms with E-state index in [1.54, 1.807) is 0 Å². The van der Waals surface area contributed by atoms with Crippen LogP contribution >= 0.6 is 0 Å². The summed E-state index contributed by atoms with van der Waals surface area (Å²) < 4.78 is 23.1. The van der Waals surface area contributed by atoms with Crippen LogP contribution in [0.5, 0.6) is 0 Å². The Labute approximate surface area is 106 Å². The van der Waals surface area contributed by atoms with Gasteiger partial charge in [-0.2, -0.15) is 0 Å². The first kappa shape index (κ1) is 11.6. The van der Waals surface area contributed by atoms with Crippen LogP contribution in [-0.2, 0) is 18.9 Å². The van der Waals surface area contributed by atoms with Crippen LogP contribution in [0.4, 0.5) is 0 Å². The fraction of sp³-hybridized carbons (Fsp3) is 1.00. The van der Waals surface area contributed by atoms with E-state index in [1.807, 2.05) is 0 Å². The van der Waals surface area contributed by atoms with Gasteiger partial charge in [-0.05, 0) is 12.8 Å². The van der Waals surface area contributed by atoms with Gasteiger partial charge in [0.1, 0.15) is 6.10 Å². The summed E-state index contributed by atoms with van der Waals surface area (Å²) in [5.41, 5.74) is 0. The number of aliphatic hydroxyl groups is 1. The smallest absolute Gasteiger partial charge is 0.187 e. The first-order valence-corrected chi connectivity index (χ1v) is 7.04. The summed E-state index contributed by atoms with van der Waals surface area (Å²) in [7, 11) is 0. The Kier molecular flexibility index (Phi) is 2.51. The Morgan fingerprint density at radius 3 is 2.44 bits per heavy atom. The van der Waals surface area contributed by atoms with Crippen molar-refractivity contribution in [1.82, 2.24) is 0 Å². The Morgan fingerprint density at radius 1 is 1.11 bits per heavy atom. The van der Waals surface area contributed by atoms with Crippen molar-refractivity contribution in [1.29, 1.82) is 0 Å². The van der Waals surface area contributed by atoms with E-state index in [1.165, 1.54) is 6.42 Å². The van der Waals surface area contributed by atoms with Crippen molar-refractivity contribution in [2.75, 3.05) is 6.61 Å². The molecule has 5 nitrogen and oxygen atoms in total. The van der Waals surface area contributed by atoms with Crippen LogP contribution < -0.4 is 0 Å². The molecular weight excluding hydrogens is 236 g/mol. The Morgan fingerprint density at radius 2 is 1.89 bits per heavy atom. The third kappa shape index (κ3) is 1.80. The molecule has 3 atom stereocenters. The highest BCUT2D eigenvalue weighted by molar-refractivity contribution is 4.93. The molecule has 1 N–H and O–H groups in total. The van der Waals surface area contributed by atoms with Gasteiger partial charge in [0.05, 0.1) is 12.7 Å². The average molecular weight is 256 g/mol. The van der Waals surface area contributed by atoms with Crippen molar-refractivity contribution >= 4 is 0 Å². The minimum atomic E-state index is -0.891. The number of hydrogen-bond acceptors (Lipinski definition) is 5. The zero-order valence-corrected chi connectivity index (χ0v) is 10.5. The van der Waals surface area contributed by atoms with E-state index in [2.05, 4.69) is 0 Å². The average Bonchev–Trinajstić information content (AvgIpc) is 2.77. The predicted molar refractivity (Wildman–Crippen MR) is 60.6 cm³/mol. The third-order valence-corrected chi connectivity index (χ3v) is 4.61. The maximum atomic E-state index is 9.86. The molecule has 2 aliphatic carbocycles. The second kappa shape index (κ2) is 3.90. The maximum Gasteiger partial charge on any atom is 0.187 e. The lowest BCUT2D eigenvalue weighted by Gasteiger charge is -2.38. The molecule has 2 saturated carbocycles. The van der Waals surface area contributed by atoms with E-state index >= 15 is 0 Å². The molecule has 2 aliphatic heterocycles. The SMILES string of the molecule is OC1(OC[C@@H]2C[C@@H]3OC4(CCC4)O[C@@H]3O2)CCC1. The summed E-state index contributed by atoms with van der Waals surface area (Å²) >= 11 is 0. The molecule has 5 heteroatoms. The number of ether oxygens (including phenoxy) is 4. The van der Waals surface area contributed by atoms with Gasteiger partial charge in [0.15, 0.2) is 17.9 Å². The van der Waals surface area contributed by atoms with Gasteiger partial charge in [-0.3, -0.25) is 0 Å². The van der Waals surface area contributed by atoms with E-state index in [9.17, 15) is 5.11 Å². The summed E-state index contributed by atoms with van der Waals surface area (Å²) in [4.78, 5) is 0. The van der Waals surface area contributed by atoms with Crippen LogP contribution in [0, 0.1) is 0 Å². The minimum absolute atomic E-state index is 0.0120. The molecule has 0 unspecified atom stereocenters. The summed E-state index contributed by atoms with van der Waals surface area (Å²) in [5.74, 6) is -1.22. The minimum Gasteiger partial charge on any atom is -0.365 e. The largest absolute Gasteiger partial charge is 0.365 e. The van der Waals surface area contributed by atoms with Gasteiger partial charge in [0.2, 0.25) is 0 Å². The first-order valence-electron chi connectivity index (χ1n) is 7.04. The van der Waals surface area contributed by atoms with E-state index < -0.39 is 5.79 Å². The highest BCUT2D eigenvalue weighted by atomic mass is 16.8. The van der Waals surface area contributed by atoms with E-state index in [4.69, 9.17) is 18.9 Å². The topological polar surface area (TPSA) is 57.2 Å². The van der Waals surface area contributed by atoms with E-state index in [0.29, 0.717) is 6.61 Å². The van der Waals surface area contributed by atoms with Crippen LogP contribution in [0.15, 0.2) is 0 Å². The highest BCUT2D eigenvalue weighted by Crippen LogP contribution is 2.48. The monoisotopic (exact) mass is 256 g/mol. The molecule has 2 saturated heterocycles. The van der Waals surface area contributed by atoms with Crippen LogP contribution in [-0.4, -0.2) is 41.8 Å². The lowest BCUT2D eigenvalue weighted by Crippen LogP contribution is -2.42. The van der Waals surface area contributed by atoms with Crippen LogP contribution in [0.25, 0.3) is 0 Å². The van der Waals surface area contributed by atoms with Gasteiger partial charge in [-0.25, -0.2) is 0 Å². The highest BCUT2D eigenvalue weighted by Gasteiger charge is 2.55. The van der Waals surface area contributed by atoms with Gasteiger partial charge >= 0.3 is 0 Å². The molecule has 102 valence electrons. The molecular formula is C13H20O5. The van der Waals surface area contributed by atoms with Gasteiger partial charge in [0, 0.05) is 32.1 Å². The number of fused-ring (bicyclic) bond motifs is 1. The standard InChI is InChI=1S/C13H20O5/c14-12(3-1-4-12)15-8-9-7-10-11(16-9)18-13(17-10)5-2-6-13/h9-11,14H,1-8H2/t9-,10-,11-/m0/s1. The Bertz CT molecular complexity index is 320. The first-order chi connectivity index (χ1) is 8.67. The molecule has 18 heavy (non-hydrogen) atoms. The van der Waals surface area contributed by atoms with Crippen LogP contribution in [0.3, 0.4) is 0 Å². The van der Waals surface area contributed by atoms with Crippen molar-refractivity contribution in [2.45, 2.75) is 75.0 Å². The summed E-state index contributed by atoms with van der Waals surface area (Å²) in [6, 6.07) is 0. The number of rotatable bonds is 3. The van der Waals surface area contributed by atoms with Crippen molar-refractivity contribution in [3.8, 4) is 0 Å². The normalized spacial score (nSPS) is 43.5. The van der Waals surface area contributed by atoms with Crippen molar-refractivity contribution in [3.63, 3.8) is 0 Å². The molecule has 0 aromatic carbocycles. The van der Waals surface area contributed by atoms with Gasteiger partial charge in [-0.1, -0.05) is 0 Å². The molecule has 4 aliphatic rings. The van der Waals surface area contributed by atoms with E-state index in [0.717, 1.165) is 38.5 Å². The lowest BCUT2D eigenvalue weighted by atomic mass is 9.91. The molecule has 0 amide bonds. The molecule has 4 rings (SSSR count). The van der Waals surface area contributed by atoms with Gasteiger partial charge < -0.3 is 24.1 Å². The van der Waals surface area contributed by atoms with Crippen molar-refractivity contribution in [3.05, 3.63) is 0 Å². The predicted octanol–water partition coefficient (Wildman–Crippen LogP) is 1.29. The molecule has 2 heterocycles. The fourth-order valence-corrected chi connectivity index (χ4v) is 3.11. The molecule has 0 aromatic heterocycles. The number of hydrogen-bond donors (Lipinski definition) is 1. The summed E-state index contributed by atoms with van der Waals surface area (Å²) in [5, 5.41) is 9.86. The molecule has 4 fully saturated rings. The second-order valence-electron chi connectivity index (χ2n) is 6.01. The Balaban J connectivity index is 1.28. The summed E-state index contributed by atoms with van der Waals surface area (Å²) in [6.45, 7) is 0.434. The zero-order valence-electron chi connectivity index (χ0n) is 10.5. The van der Waals surface area contributed by atoms with Gasteiger partial charge in [0.25, 0.3) is 0 Å². The molecule has 0 radical (unpaired) electrons. The zero-order chi connectivity index (χ0) is 12.2. The Hall–Kier alpha value is -0.200. The fourth-order valence-electron chi connectivity index (χ4n) is 3.11. The van der Waals surface area contributed by atoms with Crippen LogP contribution in [0.2, 0.25) is 0 Å². The van der Waals surface area contributed by atoms with Crippen LogP contribution in [0.1, 0.15) is 44.9 Å². The second-order valence-corrected chi connectivity index (χ2v) is 6.01.